The first-order valence-electron chi connectivity index (χ1n) is 13.0. The number of methoxy groups -OCH3 is 1. The largest absolute Gasteiger partial charge is 0.453 e. The van der Waals surface area contributed by atoms with Crippen molar-refractivity contribution >= 4 is 46.5 Å². The van der Waals surface area contributed by atoms with Gasteiger partial charge in [0.2, 0.25) is 5.95 Å². The van der Waals surface area contributed by atoms with Crippen LogP contribution in [0.2, 0.25) is 5.02 Å². The molecular formula is C25H27ClF3N11O3. The maximum Gasteiger partial charge on any atom is 0.415 e. The molecule has 0 saturated carbocycles. The predicted molar refractivity (Wildman–Crippen MR) is 149 cm³/mol. The minimum Gasteiger partial charge on any atom is -0.453 e. The molecule has 3 aromatic rings. The highest BCUT2D eigenvalue weighted by Crippen LogP contribution is 2.37. The molecule has 228 valence electrons. The molecular weight excluding hydrogens is 595 g/mol. The van der Waals surface area contributed by atoms with Gasteiger partial charge in [-0.2, -0.15) is 33.2 Å². The molecule has 3 atom stereocenters. The van der Waals surface area contributed by atoms with Gasteiger partial charge in [0.25, 0.3) is 0 Å². The van der Waals surface area contributed by atoms with E-state index in [1.807, 2.05) is 13.0 Å². The standard InChI is InChI=1S/C25H27ClF3N11O3/c1-3-32-21-22-34-10-14(9-31)40(22)38-23(37-21)35-16-6-13(8-30)7-18(20(16)26)39-5-4-15(36-24(42)43-2)17(12-39)33-11-19(41)25(27,28)29/h6-7,10,15,17,19,33,41H,3-5,11-12H2,1-2H3,(H,36,42)(H2,32,35,37,38)/t15-,17+,19?/m0/s1. The van der Waals surface area contributed by atoms with Gasteiger partial charge in [-0.3, -0.25) is 0 Å². The van der Waals surface area contributed by atoms with E-state index in [0.717, 1.165) is 0 Å². The second-order valence-electron chi connectivity index (χ2n) is 9.45. The highest BCUT2D eigenvalue weighted by molar-refractivity contribution is 6.36. The number of aromatic nitrogens is 4. The highest BCUT2D eigenvalue weighted by Gasteiger charge is 2.39. The van der Waals surface area contributed by atoms with Crippen LogP contribution in [0, 0.1) is 22.7 Å². The van der Waals surface area contributed by atoms with Crippen molar-refractivity contribution in [3.05, 3.63) is 34.6 Å². The van der Waals surface area contributed by atoms with Crippen molar-refractivity contribution in [3.63, 3.8) is 0 Å². The van der Waals surface area contributed by atoms with Gasteiger partial charge in [0.15, 0.2) is 23.3 Å². The number of imidazole rings is 1. The number of carbonyl (C=O) groups is 1. The number of piperidine rings is 1. The molecule has 0 aliphatic carbocycles. The molecule has 1 amide bonds. The number of halogens is 4. The van der Waals surface area contributed by atoms with Crippen molar-refractivity contribution in [2.45, 2.75) is 37.7 Å². The summed E-state index contributed by atoms with van der Waals surface area (Å²) in [5.41, 5.74) is 1.34. The Labute approximate surface area is 248 Å². The molecule has 0 spiro atoms. The second-order valence-corrected chi connectivity index (χ2v) is 9.83. The zero-order valence-corrected chi connectivity index (χ0v) is 23.7. The molecule has 1 unspecified atom stereocenters. The molecule has 1 aliphatic heterocycles. The number of fused-ring (bicyclic) bond motifs is 1. The lowest BCUT2D eigenvalue weighted by molar-refractivity contribution is -0.202. The average molecular weight is 622 g/mol. The van der Waals surface area contributed by atoms with E-state index in [-0.39, 0.29) is 40.9 Å². The maximum absolute atomic E-state index is 13.0. The molecule has 1 aliphatic rings. The molecule has 1 saturated heterocycles. The molecule has 3 heterocycles. The molecule has 18 heteroatoms. The third-order valence-corrected chi connectivity index (χ3v) is 7.04. The summed E-state index contributed by atoms with van der Waals surface area (Å²) in [6.07, 6.45) is -6.59. The van der Waals surface area contributed by atoms with E-state index >= 15 is 0 Å². The maximum atomic E-state index is 13.0. The summed E-state index contributed by atoms with van der Waals surface area (Å²) in [7, 11) is 1.17. The highest BCUT2D eigenvalue weighted by atomic mass is 35.5. The summed E-state index contributed by atoms with van der Waals surface area (Å²) in [5, 5.41) is 44.6. The van der Waals surface area contributed by atoms with Gasteiger partial charge < -0.3 is 36.0 Å². The fraction of sp³-hybridized carbons (Fsp3) is 0.440. The molecule has 2 aromatic heterocycles. The minimum atomic E-state index is -4.83. The number of amides is 1. The Morgan fingerprint density at radius 3 is 2.72 bits per heavy atom. The van der Waals surface area contributed by atoms with Crippen molar-refractivity contribution in [3.8, 4) is 12.1 Å². The van der Waals surface area contributed by atoms with Crippen LogP contribution >= 0.6 is 11.6 Å². The first-order chi connectivity index (χ1) is 20.5. The number of benzene rings is 1. The third kappa shape index (κ3) is 7.08. The minimum absolute atomic E-state index is 0.0440. The van der Waals surface area contributed by atoms with Gasteiger partial charge in [-0.1, -0.05) is 11.6 Å². The number of anilines is 4. The van der Waals surface area contributed by atoms with Crippen molar-refractivity contribution in [2.24, 2.45) is 0 Å². The van der Waals surface area contributed by atoms with Gasteiger partial charge in [-0.15, -0.1) is 5.10 Å². The molecule has 0 bridgehead atoms. The van der Waals surface area contributed by atoms with E-state index in [2.05, 4.69) is 47.1 Å². The zero-order valence-electron chi connectivity index (χ0n) is 22.9. The normalized spacial score (nSPS) is 17.6. The van der Waals surface area contributed by atoms with Gasteiger partial charge in [0.05, 0.1) is 47.4 Å². The first kappa shape index (κ1) is 31.4. The van der Waals surface area contributed by atoms with Crippen LogP contribution in [0.25, 0.3) is 5.65 Å². The molecule has 43 heavy (non-hydrogen) atoms. The van der Waals surface area contributed by atoms with Crippen LogP contribution in [0.15, 0.2) is 18.3 Å². The summed E-state index contributed by atoms with van der Waals surface area (Å²) < 4.78 is 44.8. The fourth-order valence-electron chi connectivity index (χ4n) is 4.55. The number of hydrogen-bond acceptors (Lipinski definition) is 12. The van der Waals surface area contributed by atoms with Crippen LogP contribution in [-0.2, 0) is 4.74 Å². The van der Waals surface area contributed by atoms with E-state index in [9.17, 15) is 33.6 Å². The molecule has 1 aromatic carbocycles. The Balaban J connectivity index is 1.66. The number of nitrogens with zero attached hydrogens (tertiary/aromatic N) is 7. The van der Waals surface area contributed by atoms with E-state index in [1.54, 1.807) is 4.90 Å². The number of nitriles is 2. The first-order valence-corrected chi connectivity index (χ1v) is 13.3. The van der Waals surface area contributed by atoms with Crippen molar-refractivity contribution in [1.29, 1.82) is 10.5 Å². The van der Waals surface area contributed by atoms with Crippen molar-refractivity contribution < 1.29 is 27.8 Å². The summed E-state index contributed by atoms with van der Waals surface area (Å²) in [6, 6.07) is 5.68. The number of rotatable bonds is 9. The Hall–Kier alpha value is -4.58. The Kier molecular flexibility index (Phi) is 9.59. The summed E-state index contributed by atoms with van der Waals surface area (Å²) in [5.74, 6) is 0.395. The van der Waals surface area contributed by atoms with E-state index in [1.165, 1.54) is 30.0 Å². The Morgan fingerprint density at radius 2 is 2.07 bits per heavy atom. The number of aliphatic hydroxyl groups excluding tert-OH is 1. The van der Waals surface area contributed by atoms with Crippen LogP contribution in [-0.4, -0.2) is 88.4 Å². The predicted octanol–water partition coefficient (Wildman–Crippen LogP) is 2.51. The van der Waals surface area contributed by atoms with Crippen LogP contribution in [0.3, 0.4) is 0 Å². The lowest BCUT2D eigenvalue weighted by Gasteiger charge is -2.41. The van der Waals surface area contributed by atoms with Gasteiger partial charge in [-0.25, -0.2) is 9.78 Å². The lowest BCUT2D eigenvalue weighted by Crippen LogP contribution is -2.61. The average Bonchev–Trinajstić information content (AvgIpc) is 3.40. The summed E-state index contributed by atoms with van der Waals surface area (Å²) in [4.78, 5) is 22.3. The van der Waals surface area contributed by atoms with Crippen molar-refractivity contribution in [1.82, 2.24) is 30.2 Å². The zero-order chi connectivity index (χ0) is 31.3. The van der Waals surface area contributed by atoms with Gasteiger partial charge in [0, 0.05) is 32.2 Å². The molecule has 4 rings (SSSR count). The number of hydrogen-bond donors (Lipinski definition) is 5. The molecule has 5 N–H and O–H groups in total. The van der Waals surface area contributed by atoms with Crippen LogP contribution < -0.4 is 26.2 Å². The number of alkyl carbamates (subject to hydrolysis) is 1. The van der Waals surface area contributed by atoms with Gasteiger partial charge in [-0.05, 0) is 25.5 Å². The molecule has 1 fully saturated rings. The Bertz CT molecular complexity index is 1570. The number of aliphatic hydroxyl groups is 1. The van der Waals surface area contributed by atoms with E-state index < -0.39 is 37.0 Å². The van der Waals surface area contributed by atoms with Crippen LogP contribution in [0.5, 0.6) is 0 Å². The molecule has 0 radical (unpaired) electrons. The lowest BCUT2D eigenvalue weighted by atomic mass is 9.98. The number of nitrogens with one attached hydrogen (secondary N) is 4. The second kappa shape index (κ2) is 13.2. The SMILES string of the molecule is CCNc1nc(Nc2cc(C#N)cc(N3CC[C@H](NC(=O)OC)[C@H](NCC(O)C(F)(F)F)C3)c2Cl)nn2c(C#N)cnc12. The topological polar surface area (TPSA) is 189 Å². The number of carbonyl (C=O) groups excluding carboxylic acids is 1. The molecule has 14 nitrogen and oxygen atoms in total. The fourth-order valence-corrected chi connectivity index (χ4v) is 4.83. The smallest absolute Gasteiger partial charge is 0.415 e. The summed E-state index contributed by atoms with van der Waals surface area (Å²) >= 11 is 6.80. The third-order valence-electron chi connectivity index (χ3n) is 6.64. The number of alkyl halides is 3. The van der Waals surface area contributed by atoms with Gasteiger partial charge in [0.1, 0.15) is 6.07 Å². The van der Waals surface area contributed by atoms with Crippen LogP contribution in [0.1, 0.15) is 24.6 Å². The Morgan fingerprint density at radius 1 is 1.30 bits per heavy atom. The van der Waals surface area contributed by atoms with E-state index in [4.69, 9.17) is 11.6 Å². The monoisotopic (exact) mass is 621 g/mol. The number of ether oxygens (including phenoxy) is 1. The van der Waals surface area contributed by atoms with Crippen molar-refractivity contribution in [2.75, 3.05) is 48.8 Å². The van der Waals surface area contributed by atoms with Gasteiger partial charge >= 0.3 is 12.3 Å². The van der Waals surface area contributed by atoms with Crippen LogP contribution in [0.4, 0.5) is 41.1 Å². The summed E-state index contributed by atoms with van der Waals surface area (Å²) in [6.45, 7) is 1.91. The van der Waals surface area contributed by atoms with E-state index in [0.29, 0.717) is 30.2 Å². The quantitative estimate of drug-likeness (QED) is 0.235.